The van der Waals surface area contributed by atoms with Gasteiger partial charge in [-0.05, 0) is 267 Å². The molecular weight excluding hydrogens is 1390 g/mol. The molecule has 0 radical (unpaired) electrons. The molecule has 0 aliphatic carbocycles. The molecule has 0 aromatic heterocycles. The number of hydrogen-bond donors (Lipinski definition) is 7. The largest absolute Gasteiger partial charge is 0.508 e. The number of benzene rings is 8. The van der Waals surface area contributed by atoms with E-state index in [1.807, 2.05) is 148 Å². The fourth-order valence-electron chi connectivity index (χ4n) is 15.4. The number of fused-ring (bicyclic) bond motifs is 1. The van der Waals surface area contributed by atoms with E-state index in [1.54, 1.807) is 5.06 Å². The number of ether oxygens (including phenoxy) is 3. The van der Waals surface area contributed by atoms with Crippen molar-refractivity contribution >= 4 is 11.7 Å². The predicted molar refractivity (Wildman–Crippen MR) is 457 cm³/mol. The number of anilines is 1. The lowest BCUT2D eigenvalue weighted by Crippen LogP contribution is -2.45. The summed E-state index contributed by atoms with van der Waals surface area (Å²) < 4.78 is 17.4. The number of nitrogens with zero attached hydrogens (tertiary/aromatic N) is 2. The number of esters is 1. The zero-order valence-corrected chi connectivity index (χ0v) is 71.2. The van der Waals surface area contributed by atoms with Gasteiger partial charge in [-0.2, -0.15) is 5.06 Å². The third-order valence-corrected chi connectivity index (χ3v) is 21.7. The summed E-state index contributed by atoms with van der Waals surface area (Å²) in [6.45, 7) is 52.9. The smallest absolute Gasteiger partial charge is 0.335 e. The zero-order valence-electron chi connectivity index (χ0n) is 71.2. The molecule has 1 saturated heterocycles. The molecule has 0 spiro atoms. The summed E-state index contributed by atoms with van der Waals surface area (Å²) >= 11 is 0. The maximum absolute atomic E-state index is 11.6. The van der Waals surface area contributed by atoms with Crippen molar-refractivity contribution in [3.63, 3.8) is 0 Å². The van der Waals surface area contributed by atoms with Gasteiger partial charge in [0.15, 0.2) is 0 Å². The van der Waals surface area contributed by atoms with Crippen molar-refractivity contribution in [2.24, 2.45) is 17.8 Å². The summed E-state index contributed by atoms with van der Waals surface area (Å²) in [4.78, 5) is 18.1. The van der Waals surface area contributed by atoms with Crippen LogP contribution in [0.15, 0.2) is 122 Å². The highest BCUT2D eigenvalue weighted by molar-refractivity contribution is 5.84. The van der Waals surface area contributed by atoms with Gasteiger partial charge in [-0.1, -0.05) is 190 Å². The van der Waals surface area contributed by atoms with E-state index in [-0.39, 0.29) is 23.2 Å². The minimum Gasteiger partial charge on any atom is -0.508 e. The van der Waals surface area contributed by atoms with E-state index in [9.17, 15) is 35.4 Å². The van der Waals surface area contributed by atoms with E-state index in [0.717, 1.165) is 170 Å². The van der Waals surface area contributed by atoms with Gasteiger partial charge in [-0.3, -0.25) is 0 Å². The van der Waals surface area contributed by atoms with E-state index >= 15 is 0 Å². The SMILES string of the molecule is C=CC(=O)Oc1c(C)cc(C)cc1Cc1cc(C)cc(C)c1O.CCC(C)COc1ccc(N2CCN(OO)CC2)cc1.CCCC(c1cc(C)c(O)cc1C)c1cc(C)c(O)cc1C.CCCCCCCCc1cc2c(cc1O)C(C(C)C)CC(C)(C)O2.Cc1cc(C)c(O)c(C(c2cc(C)cc(C)c2O)C(C)C)c1. The molecule has 2 heterocycles. The third kappa shape index (κ3) is 26.1. The van der Waals surface area contributed by atoms with Gasteiger partial charge in [0.05, 0.1) is 6.61 Å². The zero-order chi connectivity index (χ0) is 82.3. The number of piperazine rings is 1. The van der Waals surface area contributed by atoms with Crippen LogP contribution in [0.3, 0.4) is 0 Å². The van der Waals surface area contributed by atoms with Gasteiger partial charge >= 0.3 is 5.97 Å². The van der Waals surface area contributed by atoms with E-state index in [2.05, 4.69) is 130 Å². The standard InChI is InChI=1S/C22H36O2.C20H22O3.2C20H26O2.C15H24N2O3/c1-6-7-8-9-10-11-12-17-13-21-18(14-20(17)23)19(16(2)3)15-22(4,5)24-21;1-6-18(21)23-20-15(5)8-13(3)10-17(20)11-16-9-12(2)7-14(4)19(16)22;1-11(2)18(16-9-12(3)7-14(5)19(16)21)17-10-13(4)8-15(6)20(17)22;1-6-7-16(17-8-14(4)19(21)10-12(17)2)18-9-15(5)20(22)11-13(18)3;1-3-13(2)12-19-15-6-4-14(5-7-15)16-8-10-17(20-18)11-9-16/h13-14,16,19,23H,6-12,15H2,1-5H3;6-10,22H,1,11H2,2-5H3;7-11,18,21-22H,1-6H3;8-11,16,21-22H,6-7H2,1-5H3;4-7,13,18H,3,8-12H2,1-2H3. The molecule has 2 atom stereocenters. The topological polar surface area (TPSA) is 202 Å². The number of rotatable bonds is 25. The quantitative estimate of drug-likeness (QED) is 0.00711. The molecule has 2 aliphatic heterocycles. The van der Waals surface area contributed by atoms with Crippen molar-refractivity contribution < 1.29 is 59.9 Å². The lowest BCUT2D eigenvalue weighted by molar-refractivity contribution is -0.397. The molecule has 1 fully saturated rings. The summed E-state index contributed by atoms with van der Waals surface area (Å²) in [6.07, 6.45) is 14.5. The average molecular weight is 1520 g/mol. The lowest BCUT2D eigenvalue weighted by Gasteiger charge is -2.39. The van der Waals surface area contributed by atoms with Crippen LogP contribution < -0.4 is 19.1 Å². The Balaban J connectivity index is 0.000000217. The second-order valence-corrected chi connectivity index (χ2v) is 32.8. The highest BCUT2D eigenvalue weighted by atomic mass is 17.2. The number of hydrogen-bond acceptors (Lipinski definition) is 14. The minimum atomic E-state index is -0.483. The second-order valence-electron chi connectivity index (χ2n) is 32.8. The molecule has 2 aliphatic rings. The molecule has 604 valence electrons. The molecule has 0 amide bonds. The van der Waals surface area contributed by atoms with Crippen LogP contribution in [0.25, 0.3) is 0 Å². The predicted octanol–water partition coefficient (Wildman–Crippen LogP) is 23.9. The molecule has 7 N–H and O–H groups in total. The van der Waals surface area contributed by atoms with Crippen LogP contribution in [-0.2, 0) is 22.6 Å². The van der Waals surface area contributed by atoms with Crippen LogP contribution in [0.2, 0.25) is 0 Å². The van der Waals surface area contributed by atoms with Gasteiger partial charge < -0.3 is 49.7 Å². The molecule has 0 saturated carbocycles. The highest BCUT2D eigenvalue weighted by Gasteiger charge is 2.36. The van der Waals surface area contributed by atoms with Crippen LogP contribution in [0, 0.1) is 101 Å². The van der Waals surface area contributed by atoms with Gasteiger partial charge in [0.1, 0.15) is 57.3 Å². The molecule has 0 bridgehead atoms. The maximum Gasteiger partial charge on any atom is 0.335 e. The van der Waals surface area contributed by atoms with E-state index in [1.165, 1.54) is 54.5 Å². The summed E-state index contributed by atoms with van der Waals surface area (Å²) in [5, 5.41) is 71.9. The Morgan fingerprint density at radius 3 is 1.55 bits per heavy atom. The van der Waals surface area contributed by atoms with Crippen LogP contribution in [-0.4, -0.2) is 85.3 Å². The summed E-state index contributed by atoms with van der Waals surface area (Å²) in [5.41, 5.74) is 21.3. The van der Waals surface area contributed by atoms with Crippen molar-refractivity contribution in [1.82, 2.24) is 5.06 Å². The Morgan fingerprint density at radius 2 is 1.05 bits per heavy atom. The van der Waals surface area contributed by atoms with E-state index in [4.69, 9.17) is 19.5 Å². The second kappa shape index (κ2) is 42.6. The van der Waals surface area contributed by atoms with Crippen molar-refractivity contribution in [3.8, 4) is 51.7 Å². The normalized spacial score (nSPS) is 14.0. The number of unbranched alkanes of at least 4 members (excludes halogenated alkanes) is 5. The first-order chi connectivity index (χ1) is 52.4. The van der Waals surface area contributed by atoms with E-state index in [0.29, 0.717) is 77.7 Å². The Bertz CT molecular complexity index is 4240. The fourth-order valence-corrected chi connectivity index (χ4v) is 15.4. The van der Waals surface area contributed by atoms with Crippen molar-refractivity contribution in [2.75, 3.05) is 37.7 Å². The lowest BCUT2D eigenvalue weighted by atomic mass is 9.77. The van der Waals surface area contributed by atoms with Crippen LogP contribution in [0.4, 0.5) is 5.69 Å². The molecule has 8 aromatic rings. The van der Waals surface area contributed by atoms with Crippen molar-refractivity contribution in [1.29, 1.82) is 0 Å². The first kappa shape index (κ1) is 90.9. The van der Waals surface area contributed by atoms with Crippen LogP contribution in [0.5, 0.6) is 51.7 Å². The number of carbonyl (C=O) groups is 1. The number of phenolic OH excluding ortho intramolecular Hbond substituents is 6. The first-order valence-corrected chi connectivity index (χ1v) is 40.5. The molecule has 14 heteroatoms. The Kier molecular flexibility index (Phi) is 34.9. The molecule has 111 heavy (non-hydrogen) atoms. The number of aryl methyl sites for hydroxylation is 13. The van der Waals surface area contributed by atoms with Gasteiger partial charge in [0, 0.05) is 72.9 Å². The Labute approximate surface area is 666 Å². The van der Waals surface area contributed by atoms with E-state index < -0.39 is 5.97 Å². The third-order valence-electron chi connectivity index (χ3n) is 21.7. The maximum atomic E-state index is 11.6. The number of aromatic hydroxyl groups is 6. The summed E-state index contributed by atoms with van der Waals surface area (Å²) in [6, 6.07) is 36.1. The molecular formula is C97H134N2O12. The Hall–Kier alpha value is -8.95. The molecule has 14 nitrogen and oxygen atoms in total. The van der Waals surface area contributed by atoms with Gasteiger partial charge in [0.25, 0.3) is 0 Å². The van der Waals surface area contributed by atoms with Crippen LogP contribution in [0.1, 0.15) is 262 Å². The monoisotopic (exact) mass is 1520 g/mol. The Morgan fingerprint density at radius 1 is 0.550 bits per heavy atom. The first-order valence-electron chi connectivity index (χ1n) is 40.5. The summed E-state index contributed by atoms with van der Waals surface area (Å²) in [5.74, 6) is 6.22. The van der Waals surface area contributed by atoms with Gasteiger partial charge in [-0.25, -0.2) is 10.1 Å². The molecule has 8 aromatic carbocycles. The average Bonchev–Trinajstić information content (AvgIpc) is 0.769. The van der Waals surface area contributed by atoms with Gasteiger partial charge in [-0.15, -0.1) is 4.99 Å². The number of hydroxylamine groups is 2. The summed E-state index contributed by atoms with van der Waals surface area (Å²) in [7, 11) is 0. The molecule has 2 unspecified atom stereocenters. The molecule has 10 rings (SSSR count). The minimum absolute atomic E-state index is 0.0304. The number of carbonyl (C=O) groups excluding carboxylic acids is 1. The van der Waals surface area contributed by atoms with Crippen LogP contribution >= 0.6 is 0 Å². The fraction of sp³-hybridized carbons (Fsp3) is 0.474. The van der Waals surface area contributed by atoms with Gasteiger partial charge in [0.2, 0.25) is 0 Å². The number of phenols is 6. The van der Waals surface area contributed by atoms with Crippen molar-refractivity contribution in [2.45, 2.75) is 253 Å². The highest BCUT2D eigenvalue weighted by Crippen LogP contribution is 2.48. The van der Waals surface area contributed by atoms with Crippen molar-refractivity contribution in [3.05, 3.63) is 233 Å².